The summed E-state index contributed by atoms with van der Waals surface area (Å²) in [4.78, 5) is 26.0. The number of ether oxygens (including phenoxy) is 3. The smallest absolute Gasteiger partial charge is 0.311 e. The topological polar surface area (TPSA) is 163 Å². The molecule has 5 fully saturated rings. The number of rotatable bonds is 5. The summed E-state index contributed by atoms with van der Waals surface area (Å²) in [6, 6.07) is 0. The molecule has 0 aromatic rings. The van der Waals surface area contributed by atoms with Crippen LogP contribution in [0.4, 0.5) is 0 Å². The van der Waals surface area contributed by atoms with Gasteiger partial charge in [0.1, 0.15) is 18.3 Å². The van der Waals surface area contributed by atoms with Crippen LogP contribution < -0.4 is 0 Å². The van der Waals surface area contributed by atoms with Crippen molar-refractivity contribution >= 4 is 11.9 Å². The lowest BCUT2D eigenvalue weighted by molar-refractivity contribution is -0.312. The number of carbonyl (C=O) groups excluding carboxylic acids is 1. The van der Waals surface area contributed by atoms with E-state index in [0.717, 1.165) is 32.1 Å². The van der Waals surface area contributed by atoms with Crippen molar-refractivity contribution in [2.24, 2.45) is 50.2 Å². The molecular formula is C36H56O10. The highest BCUT2D eigenvalue weighted by molar-refractivity contribution is 5.80. The van der Waals surface area contributed by atoms with Crippen molar-refractivity contribution in [2.75, 3.05) is 20.3 Å². The van der Waals surface area contributed by atoms with Crippen molar-refractivity contribution in [2.45, 2.75) is 130 Å². The van der Waals surface area contributed by atoms with E-state index >= 15 is 0 Å². The molecule has 5 N–H and O–H groups in total. The lowest BCUT2D eigenvalue weighted by Gasteiger charge is -2.71. The molecular weight excluding hydrogens is 592 g/mol. The predicted octanol–water partition coefficient (Wildman–Crippen LogP) is 3.82. The maximum absolute atomic E-state index is 13.0. The number of carboxylic acids is 1. The molecule has 0 spiro atoms. The molecule has 6 aliphatic rings. The third-order valence-electron chi connectivity index (χ3n) is 15.3. The molecule has 0 amide bonds. The SMILES string of the molecule is COC(=O)[C@@]1(C)CC[C@]2(C(=O)O)CC[C@]3(C)C(=CC[C@@H]4[C@@]5(C)CCC(O[C@@H]6OC[C@@H](O)[C@H](O)[C@H]6O)[C@@](C)(CO)[C@@H]5CC[C@]43C)[C@@H]2C1. The minimum absolute atomic E-state index is 0.0942. The van der Waals surface area contributed by atoms with Gasteiger partial charge in [-0.1, -0.05) is 39.3 Å². The summed E-state index contributed by atoms with van der Waals surface area (Å²) < 4.78 is 17.2. The molecule has 0 bridgehead atoms. The molecule has 260 valence electrons. The van der Waals surface area contributed by atoms with Crippen molar-refractivity contribution in [3.05, 3.63) is 11.6 Å². The molecule has 1 heterocycles. The number of methoxy groups -OCH3 is 1. The predicted molar refractivity (Wildman–Crippen MR) is 167 cm³/mol. The van der Waals surface area contributed by atoms with Gasteiger partial charge in [-0.3, -0.25) is 9.59 Å². The average molecular weight is 649 g/mol. The number of carboxylic acid groups (broad SMARTS) is 1. The van der Waals surface area contributed by atoms with Crippen molar-refractivity contribution in [1.29, 1.82) is 0 Å². The van der Waals surface area contributed by atoms with Crippen molar-refractivity contribution < 1.29 is 49.3 Å². The molecule has 4 saturated carbocycles. The highest BCUT2D eigenvalue weighted by Gasteiger charge is 2.70. The van der Waals surface area contributed by atoms with Crippen LogP contribution in [0.25, 0.3) is 0 Å². The molecule has 14 atom stereocenters. The lowest BCUT2D eigenvalue weighted by Crippen LogP contribution is -2.66. The average Bonchev–Trinajstić information content (AvgIpc) is 3.02. The Labute approximate surface area is 272 Å². The first kappa shape index (κ1) is 34.3. The first-order valence-corrected chi connectivity index (χ1v) is 17.4. The normalized spacial score (nSPS) is 53.5. The van der Waals surface area contributed by atoms with E-state index < -0.39 is 52.9 Å². The Morgan fingerprint density at radius 2 is 1.63 bits per heavy atom. The second-order valence-electron chi connectivity index (χ2n) is 17.1. The van der Waals surface area contributed by atoms with Crippen molar-refractivity contribution in [3.8, 4) is 0 Å². The maximum Gasteiger partial charge on any atom is 0.311 e. The summed E-state index contributed by atoms with van der Waals surface area (Å²) in [7, 11) is 1.42. The molecule has 0 radical (unpaired) electrons. The zero-order valence-corrected chi connectivity index (χ0v) is 28.5. The van der Waals surface area contributed by atoms with Gasteiger partial charge in [0, 0.05) is 5.41 Å². The fraction of sp³-hybridized carbons (Fsp3) is 0.889. The van der Waals surface area contributed by atoms with E-state index in [2.05, 4.69) is 33.8 Å². The van der Waals surface area contributed by atoms with Crippen molar-refractivity contribution in [1.82, 2.24) is 0 Å². The zero-order chi connectivity index (χ0) is 33.7. The van der Waals surface area contributed by atoms with Gasteiger partial charge in [0.05, 0.1) is 37.3 Å². The van der Waals surface area contributed by atoms with Crippen LogP contribution >= 0.6 is 0 Å². The molecule has 1 saturated heterocycles. The Bertz CT molecular complexity index is 1270. The monoisotopic (exact) mass is 648 g/mol. The van der Waals surface area contributed by atoms with Crippen LogP contribution in [0.1, 0.15) is 98.8 Å². The van der Waals surface area contributed by atoms with E-state index in [0.29, 0.717) is 38.0 Å². The summed E-state index contributed by atoms with van der Waals surface area (Å²) in [6.45, 7) is 10.9. The number of aliphatic hydroxyl groups is 4. The summed E-state index contributed by atoms with van der Waals surface area (Å²) in [5.74, 6) is -0.822. The number of hydrogen-bond donors (Lipinski definition) is 5. The van der Waals surface area contributed by atoms with E-state index in [4.69, 9.17) is 14.2 Å². The van der Waals surface area contributed by atoms with Gasteiger partial charge in [-0.15, -0.1) is 0 Å². The molecule has 0 aromatic heterocycles. The Morgan fingerprint density at radius 1 is 0.935 bits per heavy atom. The van der Waals surface area contributed by atoms with E-state index in [-0.39, 0.29) is 47.3 Å². The van der Waals surface area contributed by atoms with Crippen LogP contribution in [-0.2, 0) is 23.8 Å². The number of aliphatic carboxylic acids is 1. The second kappa shape index (κ2) is 11.2. The lowest BCUT2D eigenvalue weighted by atomic mass is 9.33. The zero-order valence-electron chi connectivity index (χ0n) is 28.5. The number of allylic oxidation sites excluding steroid dienone is 2. The number of fused-ring (bicyclic) bond motifs is 7. The van der Waals surface area contributed by atoms with Crippen LogP contribution in [0.15, 0.2) is 11.6 Å². The number of aliphatic hydroxyl groups excluding tert-OH is 4. The third-order valence-corrected chi connectivity index (χ3v) is 15.3. The fourth-order valence-electron chi connectivity index (χ4n) is 12.2. The largest absolute Gasteiger partial charge is 0.481 e. The molecule has 46 heavy (non-hydrogen) atoms. The first-order chi connectivity index (χ1) is 21.5. The van der Waals surface area contributed by atoms with Crippen molar-refractivity contribution in [3.63, 3.8) is 0 Å². The van der Waals surface area contributed by atoms with Crippen LogP contribution in [0.5, 0.6) is 0 Å². The van der Waals surface area contributed by atoms with Gasteiger partial charge in [-0.2, -0.15) is 0 Å². The van der Waals surface area contributed by atoms with Gasteiger partial charge in [0.15, 0.2) is 6.29 Å². The standard InChI is InChI=1S/C36H56O10/c1-31(30(43)44-6)13-15-36(29(41)42)16-14-34(4)20(21(36)17-31)7-8-24-32(2)11-10-25(46-28-27(40)26(39)22(38)18-45-28)33(3,19-37)23(32)9-12-35(24,34)5/h7,21-28,37-40H,8-19H2,1-6H3,(H,41,42)/t21-,22+,23+,24+,25?,26-,27+,28-,31-,32-,33-,34+,35+,36-/m0/s1. The van der Waals surface area contributed by atoms with Crippen LogP contribution in [0, 0.1) is 50.2 Å². The summed E-state index contributed by atoms with van der Waals surface area (Å²) in [5.41, 5.74) is -1.47. The van der Waals surface area contributed by atoms with Gasteiger partial charge >= 0.3 is 11.9 Å². The Balaban J connectivity index is 1.33. The molecule has 10 nitrogen and oxygen atoms in total. The van der Waals surface area contributed by atoms with Gasteiger partial charge in [0.25, 0.3) is 0 Å². The number of hydrogen-bond acceptors (Lipinski definition) is 9. The van der Waals surface area contributed by atoms with Gasteiger partial charge in [-0.05, 0) is 105 Å². The molecule has 6 rings (SSSR count). The molecule has 10 heteroatoms. The Hall–Kier alpha value is -1.56. The molecule has 1 unspecified atom stereocenters. The minimum Gasteiger partial charge on any atom is -0.481 e. The van der Waals surface area contributed by atoms with Crippen LogP contribution in [0.2, 0.25) is 0 Å². The van der Waals surface area contributed by atoms with E-state index in [9.17, 15) is 35.1 Å². The number of esters is 1. The second-order valence-corrected chi connectivity index (χ2v) is 17.1. The quantitative estimate of drug-likeness (QED) is 0.168. The Morgan fingerprint density at radius 3 is 2.28 bits per heavy atom. The van der Waals surface area contributed by atoms with Gasteiger partial charge in [0.2, 0.25) is 0 Å². The summed E-state index contributed by atoms with van der Waals surface area (Å²) in [5, 5.41) is 52.5. The minimum atomic E-state index is -1.39. The van der Waals surface area contributed by atoms with E-state index in [1.807, 2.05) is 6.92 Å². The van der Waals surface area contributed by atoms with E-state index in [1.54, 1.807) is 0 Å². The van der Waals surface area contributed by atoms with Crippen LogP contribution in [0.3, 0.4) is 0 Å². The maximum atomic E-state index is 13.0. The highest BCUT2D eigenvalue weighted by Crippen LogP contribution is 2.76. The van der Waals surface area contributed by atoms with Crippen LogP contribution in [-0.4, -0.2) is 88.5 Å². The molecule has 5 aliphatic carbocycles. The van der Waals surface area contributed by atoms with Gasteiger partial charge < -0.3 is 39.7 Å². The fourth-order valence-corrected chi connectivity index (χ4v) is 12.2. The molecule has 1 aliphatic heterocycles. The van der Waals surface area contributed by atoms with Gasteiger partial charge in [-0.25, -0.2) is 0 Å². The Kier molecular flexibility index (Phi) is 8.38. The number of carbonyl (C=O) groups is 2. The first-order valence-electron chi connectivity index (χ1n) is 17.4. The summed E-state index contributed by atoms with van der Waals surface area (Å²) in [6.07, 6.45) is 3.88. The summed E-state index contributed by atoms with van der Waals surface area (Å²) >= 11 is 0. The van der Waals surface area contributed by atoms with E-state index in [1.165, 1.54) is 12.7 Å². The highest BCUT2D eigenvalue weighted by atomic mass is 16.7. The third kappa shape index (κ3) is 4.49. The molecule has 0 aromatic carbocycles.